The third-order valence-corrected chi connectivity index (χ3v) is 2.71. The molecule has 0 spiro atoms. The monoisotopic (exact) mass is 271 g/mol. The molecule has 0 heterocycles. The van der Waals surface area contributed by atoms with E-state index in [1.165, 1.54) is 0 Å². The van der Waals surface area contributed by atoms with Crippen LogP contribution in [-0.2, 0) is 4.74 Å². The number of rotatable bonds is 7. The number of hydrogen-bond acceptors (Lipinski definition) is 3. The number of ether oxygens (including phenoxy) is 1. The Bertz CT molecular complexity index is 280. The minimum Gasteiger partial charge on any atom is -0.444 e. The zero-order chi connectivity index (χ0) is 14.9. The van der Waals surface area contributed by atoms with Gasteiger partial charge in [-0.3, -0.25) is 0 Å². The van der Waals surface area contributed by atoms with Gasteiger partial charge in [0.2, 0.25) is 0 Å². The van der Waals surface area contributed by atoms with Crippen molar-refractivity contribution in [3.8, 4) is 0 Å². The first kappa shape index (κ1) is 18.0. The summed E-state index contributed by atoms with van der Waals surface area (Å²) in [6.45, 7) is 9.99. The van der Waals surface area contributed by atoms with E-state index in [-0.39, 0.29) is 18.1 Å². The summed E-state index contributed by atoms with van der Waals surface area (Å²) in [5.74, 6) is 0.288. The maximum Gasteiger partial charge on any atom is 0.407 e. The third kappa shape index (κ3) is 11.8. The minimum absolute atomic E-state index is 0.265. The van der Waals surface area contributed by atoms with Crippen LogP contribution in [0.1, 0.15) is 53.9 Å². The smallest absolute Gasteiger partial charge is 0.407 e. The van der Waals surface area contributed by atoms with Gasteiger partial charge in [-0.1, -0.05) is 19.1 Å². The molecular formula is C15H29NO3. The molecule has 0 fully saturated rings. The van der Waals surface area contributed by atoms with Crippen LogP contribution in [0.25, 0.3) is 0 Å². The Labute approximate surface area is 117 Å². The van der Waals surface area contributed by atoms with Crippen LogP contribution >= 0.6 is 0 Å². The molecule has 0 bridgehead atoms. The number of allylic oxidation sites excluding steroid dienone is 2. The van der Waals surface area contributed by atoms with Crippen LogP contribution in [0.2, 0.25) is 0 Å². The second kappa shape index (κ2) is 8.97. The van der Waals surface area contributed by atoms with Crippen molar-refractivity contribution in [2.45, 2.75) is 65.6 Å². The van der Waals surface area contributed by atoms with Gasteiger partial charge < -0.3 is 15.2 Å². The van der Waals surface area contributed by atoms with E-state index < -0.39 is 5.60 Å². The van der Waals surface area contributed by atoms with Crippen molar-refractivity contribution in [3.05, 3.63) is 12.2 Å². The highest BCUT2D eigenvalue weighted by molar-refractivity contribution is 5.67. The molecule has 0 aliphatic carbocycles. The lowest BCUT2D eigenvalue weighted by Gasteiger charge is -2.19. The molecule has 2 unspecified atom stereocenters. The number of hydrogen-bond donors (Lipinski definition) is 2. The SMILES string of the molecule is CC(O)C(C)CC=CCCCNC(=O)OC(C)(C)C. The molecule has 0 aromatic heterocycles. The molecule has 0 aromatic rings. The van der Waals surface area contributed by atoms with Crippen LogP contribution in [0.3, 0.4) is 0 Å². The second-order valence-electron chi connectivity index (χ2n) is 6.00. The number of aliphatic hydroxyl groups excluding tert-OH is 1. The topological polar surface area (TPSA) is 58.6 Å². The first-order valence-electron chi connectivity index (χ1n) is 7.02. The van der Waals surface area contributed by atoms with Gasteiger partial charge in [0.25, 0.3) is 0 Å². The van der Waals surface area contributed by atoms with E-state index in [1.54, 1.807) is 0 Å². The molecule has 2 N–H and O–H groups in total. The molecule has 0 rings (SSSR count). The second-order valence-corrected chi connectivity index (χ2v) is 6.00. The lowest BCUT2D eigenvalue weighted by molar-refractivity contribution is 0.0527. The number of carbonyl (C=O) groups excluding carboxylic acids is 1. The Morgan fingerprint density at radius 2 is 1.95 bits per heavy atom. The van der Waals surface area contributed by atoms with Crippen molar-refractivity contribution >= 4 is 6.09 Å². The van der Waals surface area contributed by atoms with Gasteiger partial charge in [-0.05, 0) is 52.9 Å². The number of alkyl carbamates (subject to hydrolysis) is 1. The van der Waals surface area contributed by atoms with E-state index in [0.717, 1.165) is 19.3 Å². The molecule has 1 amide bonds. The average Bonchev–Trinajstić information content (AvgIpc) is 2.24. The van der Waals surface area contributed by atoms with Crippen molar-refractivity contribution in [1.82, 2.24) is 5.32 Å². The fourth-order valence-electron chi connectivity index (χ4n) is 1.35. The van der Waals surface area contributed by atoms with Gasteiger partial charge in [0.15, 0.2) is 0 Å². The summed E-state index contributed by atoms with van der Waals surface area (Å²) in [6, 6.07) is 0. The molecule has 0 aromatic carbocycles. The normalized spacial score (nSPS) is 15.3. The summed E-state index contributed by atoms with van der Waals surface area (Å²) in [6.07, 6.45) is 6.25. The highest BCUT2D eigenvalue weighted by Crippen LogP contribution is 2.08. The van der Waals surface area contributed by atoms with Crippen molar-refractivity contribution in [3.63, 3.8) is 0 Å². The number of amides is 1. The summed E-state index contributed by atoms with van der Waals surface area (Å²) < 4.78 is 5.13. The Kier molecular flexibility index (Phi) is 8.48. The van der Waals surface area contributed by atoms with E-state index in [4.69, 9.17) is 4.74 Å². The minimum atomic E-state index is -0.443. The van der Waals surface area contributed by atoms with Gasteiger partial charge in [-0.25, -0.2) is 4.79 Å². The summed E-state index contributed by atoms with van der Waals surface area (Å²) >= 11 is 0. The molecule has 0 saturated carbocycles. The van der Waals surface area contributed by atoms with Gasteiger partial charge in [-0.15, -0.1) is 0 Å². The first-order valence-corrected chi connectivity index (χ1v) is 7.02. The van der Waals surface area contributed by atoms with Crippen molar-refractivity contribution in [2.75, 3.05) is 6.54 Å². The maximum atomic E-state index is 11.3. The Hall–Kier alpha value is -1.03. The van der Waals surface area contributed by atoms with Crippen molar-refractivity contribution < 1.29 is 14.6 Å². The van der Waals surface area contributed by atoms with Crippen LogP contribution in [0.15, 0.2) is 12.2 Å². The quantitative estimate of drug-likeness (QED) is 0.552. The summed E-state index contributed by atoms with van der Waals surface area (Å²) in [7, 11) is 0. The molecule has 0 aliphatic heterocycles. The molecular weight excluding hydrogens is 242 g/mol. The highest BCUT2D eigenvalue weighted by atomic mass is 16.6. The van der Waals surface area contributed by atoms with E-state index in [2.05, 4.69) is 17.5 Å². The summed E-state index contributed by atoms with van der Waals surface area (Å²) in [4.78, 5) is 11.3. The molecule has 4 heteroatoms. The predicted molar refractivity (Wildman–Crippen MR) is 78.1 cm³/mol. The van der Waals surface area contributed by atoms with E-state index >= 15 is 0 Å². The number of aliphatic hydroxyl groups is 1. The number of unbranched alkanes of at least 4 members (excludes halogenated alkanes) is 1. The molecule has 19 heavy (non-hydrogen) atoms. The fourth-order valence-corrected chi connectivity index (χ4v) is 1.35. The van der Waals surface area contributed by atoms with Crippen molar-refractivity contribution in [1.29, 1.82) is 0 Å². The first-order chi connectivity index (χ1) is 8.72. The Balaban J connectivity index is 3.55. The van der Waals surface area contributed by atoms with Gasteiger partial charge in [0, 0.05) is 6.54 Å². The van der Waals surface area contributed by atoms with Crippen molar-refractivity contribution in [2.24, 2.45) is 5.92 Å². The number of carbonyl (C=O) groups is 1. The maximum absolute atomic E-state index is 11.3. The van der Waals surface area contributed by atoms with Crippen LogP contribution in [0.4, 0.5) is 4.79 Å². The van der Waals surface area contributed by atoms with E-state index in [9.17, 15) is 9.90 Å². The predicted octanol–water partition coefficient (Wildman–Crippen LogP) is 3.25. The molecule has 0 saturated heterocycles. The van der Waals surface area contributed by atoms with E-state index in [0.29, 0.717) is 6.54 Å². The summed E-state index contributed by atoms with van der Waals surface area (Å²) in [5, 5.41) is 12.0. The van der Waals surface area contributed by atoms with Crippen LogP contribution in [0.5, 0.6) is 0 Å². The Morgan fingerprint density at radius 3 is 2.47 bits per heavy atom. The van der Waals surface area contributed by atoms with Crippen LogP contribution in [-0.4, -0.2) is 29.4 Å². The third-order valence-electron chi connectivity index (χ3n) is 2.71. The number of nitrogens with one attached hydrogen (secondary N) is 1. The standard InChI is InChI=1S/C15H29NO3/c1-12(13(2)17)10-8-6-7-9-11-16-14(18)19-15(3,4)5/h6,8,12-13,17H,7,9-11H2,1-5H3,(H,16,18). The molecule has 0 aliphatic rings. The van der Waals surface area contributed by atoms with Gasteiger partial charge >= 0.3 is 6.09 Å². The highest BCUT2D eigenvalue weighted by Gasteiger charge is 2.15. The molecule has 0 radical (unpaired) electrons. The lowest BCUT2D eigenvalue weighted by Crippen LogP contribution is -2.32. The molecule has 4 nitrogen and oxygen atoms in total. The van der Waals surface area contributed by atoms with Gasteiger partial charge in [-0.2, -0.15) is 0 Å². The zero-order valence-corrected chi connectivity index (χ0v) is 12.9. The molecule has 112 valence electrons. The largest absolute Gasteiger partial charge is 0.444 e. The molecule has 2 atom stereocenters. The van der Waals surface area contributed by atoms with Gasteiger partial charge in [0.05, 0.1) is 6.10 Å². The van der Waals surface area contributed by atoms with Gasteiger partial charge in [0.1, 0.15) is 5.60 Å². The van der Waals surface area contributed by atoms with Crippen LogP contribution < -0.4 is 5.32 Å². The Morgan fingerprint density at radius 1 is 1.32 bits per heavy atom. The summed E-state index contributed by atoms with van der Waals surface area (Å²) in [5.41, 5.74) is -0.443. The van der Waals surface area contributed by atoms with Crippen LogP contribution in [0, 0.1) is 5.92 Å². The fraction of sp³-hybridized carbons (Fsp3) is 0.800. The average molecular weight is 271 g/mol. The van der Waals surface area contributed by atoms with E-state index in [1.807, 2.05) is 34.6 Å². The zero-order valence-electron chi connectivity index (χ0n) is 12.9. The lowest BCUT2D eigenvalue weighted by atomic mass is 10.0.